The highest BCUT2D eigenvalue weighted by molar-refractivity contribution is 5.90. The van der Waals surface area contributed by atoms with Crippen LogP contribution in [0.4, 0.5) is 0 Å². The minimum atomic E-state index is -1.05. The largest absolute Gasteiger partial charge is 0.504 e. The highest BCUT2D eigenvalue weighted by Gasteiger charge is 2.10. The number of hydrogen-bond acceptors (Lipinski definition) is 7. The van der Waals surface area contributed by atoms with Gasteiger partial charge in [-0.25, -0.2) is 9.59 Å². The Labute approximate surface area is 150 Å². The fourth-order valence-electron chi connectivity index (χ4n) is 1.83. The van der Waals surface area contributed by atoms with Gasteiger partial charge in [0.25, 0.3) is 0 Å². The van der Waals surface area contributed by atoms with Gasteiger partial charge in [0, 0.05) is 0 Å². The number of esters is 1. The Bertz CT molecular complexity index is 770. The summed E-state index contributed by atoms with van der Waals surface area (Å²) in [6.45, 7) is 2.05. The molecule has 0 aliphatic heterocycles. The van der Waals surface area contributed by atoms with Crippen molar-refractivity contribution in [3.63, 3.8) is 0 Å². The summed E-state index contributed by atoms with van der Waals surface area (Å²) in [5.41, 5.74) is 0.450. The van der Waals surface area contributed by atoms with Crippen LogP contribution in [0.25, 0.3) is 0 Å². The number of benzene rings is 2. The van der Waals surface area contributed by atoms with Crippen molar-refractivity contribution < 1.29 is 39.1 Å². The highest BCUT2D eigenvalue weighted by atomic mass is 16.5. The van der Waals surface area contributed by atoms with Gasteiger partial charge in [-0.15, -0.1) is 0 Å². The topological polar surface area (TPSA) is 123 Å². The lowest BCUT2D eigenvalue weighted by molar-refractivity contribution is 0.0525. The molecule has 0 bridgehead atoms. The standard InChI is InChI=1S/C10H12O4.C8H8O4/c1-3-14-10(12)7-4-5-8(11)9(6-7)13-2;1-12-7-4-5(8(10)11)2-3-6(7)9/h4-6,11H,3H2,1-2H3;2-4,9H,1H3,(H,10,11). The van der Waals surface area contributed by atoms with Gasteiger partial charge in [0.15, 0.2) is 23.0 Å². The van der Waals surface area contributed by atoms with E-state index in [1.54, 1.807) is 6.92 Å². The average Bonchev–Trinajstić information content (AvgIpc) is 2.63. The SMILES string of the molecule is CCOC(=O)c1ccc(O)c(OC)c1.COc1cc(C(=O)O)ccc1O. The molecule has 0 aliphatic carbocycles. The number of carbonyl (C=O) groups is 2. The number of methoxy groups -OCH3 is 2. The van der Waals surface area contributed by atoms with E-state index in [1.165, 1.54) is 50.6 Å². The molecule has 0 atom stereocenters. The predicted octanol–water partition coefficient (Wildman–Crippen LogP) is 2.68. The molecular weight excluding hydrogens is 344 g/mol. The maximum atomic E-state index is 11.3. The van der Waals surface area contributed by atoms with E-state index in [9.17, 15) is 14.7 Å². The minimum absolute atomic E-state index is 0.000508. The summed E-state index contributed by atoms with van der Waals surface area (Å²) in [6.07, 6.45) is 0. The Morgan fingerprint density at radius 3 is 1.77 bits per heavy atom. The second-order valence-electron chi connectivity index (χ2n) is 4.80. The number of aromatic carboxylic acids is 1. The fourth-order valence-corrected chi connectivity index (χ4v) is 1.83. The van der Waals surface area contributed by atoms with E-state index in [2.05, 4.69) is 0 Å². The summed E-state index contributed by atoms with van der Waals surface area (Å²) in [7, 11) is 2.78. The van der Waals surface area contributed by atoms with Crippen LogP contribution >= 0.6 is 0 Å². The number of carboxylic acids is 1. The molecule has 26 heavy (non-hydrogen) atoms. The molecule has 0 fully saturated rings. The molecule has 0 spiro atoms. The molecule has 0 radical (unpaired) electrons. The highest BCUT2D eigenvalue weighted by Crippen LogP contribution is 2.27. The van der Waals surface area contributed by atoms with Crippen molar-refractivity contribution in [1.82, 2.24) is 0 Å². The van der Waals surface area contributed by atoms with Crippen molar-refractivity contribution in [2.24, 2.45) is 0 Å². The maximum absolute atomic E-state index is 11.3. The number of ether oxygens (including phenoxy) is 3. The van der Waals surface area contributed by atoms with Crippen molar-refractivity contribution in [2.75, 3.05) is 20.8 Å². The molecule has 0 saturated carbocycles. The molecule has 140 valence electrons. The van der Waals surface area contributed by atoms with Crippen LogP contribution in [0.15, 0.2) is 36.4 Å². The Kier molecular flexibility index (Phi) is 7.75. The average molecular weight is 364 g/mol. The van der Waals surface area contributed by atoms with Crippen molar-refractivity contribution in [1.29, 1.82) is 0 Å². The van der Waals surface area contributed by atoms with E-state index < -0.39 is 11.9 Å². The van der Waals surface area contributed by atoms with Crippen LogP contribution in [0.1, 0.15) is 27.6 Å². The van der Waals surface area contributed by atoms with Gasteiger partial charge in [-0.3, -0.25) is 0 Å². The van der Waals surface area contributed by atoms with Crippen molar-refractivity contribution >= 4 is 11.9 Å². The summed E-state index contributed by atoms with van der Waals surface area (Å²) in [4.78, 5) is 21.7. The van der Waals surface area contributed by atoms with Gasteiger partial charge in [0.2, 0.25) is 0 Å². The smallest absolute Gasteiger partial charge is 0.338 e. The van der Waals surface area contributed by atoms with Gasteiger partial charge in [0.1, 0.15) is 0 Å². The van der Waals surface area contributed by atoms with Crippen LogP contribution in [-0.4, -0.2) is 48.1 Å². The van der Waals surface area contributed by atoms with Gasteiger partial charge >= 0.3 is 11.9 Å². The summed E-state index contributed by atoms with van der Waals surface area (Å²) in [6, 6.07) is 8.16. The summed E-state index contributed by atoms with van der Waals surface area (Å²) >= 11 is 0. The molecule has 0 aliphatic rings. The molecule has 3 N–H and O–H groups in total. The zero-order valence-electron chi connectivity index (χ0n) is 14.6. The lowest BCUT2D eigenvalue weighted by Gasteiger charge is -2.05. The molecule has 0 aromatic heterocycles. The quantitative estimate of drug-likeness (QED) is 0.692. The van der Waals surface area contributed by atoms with Gasteiger partial charge in [-0.05, 0) is 43.3 Å². The van der Waals surface area contributed by atoms with Crippen molar-refractivity contribution in [3.8, 4) is 23.0 Å². The van der Waals surface area contributed by atoms with Crippen LogP contribution in [0, 0.1) is 0 Å². The summed E-state index contributed by atoms with van der Waals surface area (Å²) in [5, 5.41) is 26.9. The Hall–Kier alpha value is -3.42. The van der Waals surface area contributed by atoms with Gasteiger partial charge < -0.3 is 29.5 Å². The van der Waals surface area contributed by atoms with Crippen molar-refractivity contribution in [2.45, 2.75) is 6.92 Å². The first-order chi connectivity index (χ1) is 12.3. The molecular formula is C18H20O8. The summed E-state index contributed by atoms with van der Waals surface area (Å²) in [5.74, 6) is -1.12. The third-order valence-electron chi connectivity index (χ3n) is 3.12. The fraction of sp³-hybridized carbons (Fsp3) is 0.222. The lowest BCUT2D eigenvalue weighted by Crippen LogP contribution is -2.04. The van der Waals surface area contributed by atoms with Crippen molar-refractivity contribution in [3.05, 3.63) is 47.5 Å². The zero-order chi connectivity index (χ0) is 19.7. The maximum Gasteiger partial charge on any atom is 0.338 e. The predicted molar refractivity (Wildman–Crippen MR) is 92.2 cm³/mol. The third kappa shape index (κ3) is 5.59. The Morgan fingerprint density at radius 1 is 0.885 bits per heavy atom. The van der Waals surface area contributed by atoms with Gasteiger partial charge in [-0.2, -0.15) is 0 Å². The first-order valence-electron chi connectivity index (χ1n) is 7.48. The third-order valence-corrected chi connectivity index (χ3v) is 3.12. The van der Waals surface area contributed by atoms with E-state index in [0.29, 0.717) is 12.2 Å². The number of hydrogen-bond donors (Lipinski definition) is 3. The van der Waals surface area contributed by atoms with Gasteiger partial charge in [0.05, 0.1) is 32.0 Å². The lowest BCUT2D eigenvalue weighted by atomic mass is 10.2. The number of aromatic hydroxyl groups is 2. The molecule has 2 aromatic carbocycles. The first-order valence-corrected chi connectivity index (χ1v) is 7.48. The molecule has 0 saturated heterocycles. The normalized spacial score (nSPS) is 9.50. The van der Waals surface area contributed by atoms with E-state index in [4.69, 9.17) is 24.4 Å². The molecule has 8 heteroatoms. The molecule has 2 aromatic rings. The van der Waals surface area contributed by atoms with E-state index >= 15 is 0 Å². The number of phenolic OH excluding ortho intramolecular Hbond substituents is 2. The van der Waals surface area contributed by atoms with E-state index in [1.807, 2.05) is 0 Å². The summed E-state index contributed by atoms with van der Waals surface area (Å²) < 4.78 is 14.4. The van der Waals surface area contributed by atoms with Gasteiger partial charge in [-0.1, -0.05) is 0 Å². The van der Waals surface area contributed by atoms with E-state index in [-0.39, 0.29) is 28.6 Å². The second-order valence-corrected chi connectivity index (χ2v) is 4.80. The monoisotopic (exact) mass is 364 g/mol. The molecule has 2 rings (SSSR count). The molecule has 8 nitrogen and oxygen atoms in total. The number of rotatable bonds is 5. The minimum Gasteiger partial charge on any atom is -0.504 e. The van der Waals surface area contributed by atoms with E-state index in [0.717, 1.165) is 0 Å². The zero-order valence-corrected chi connectivity index (χ0v) is 14.6. The molecule has 0 unspecified atom stereocenters. The first kappa shape index (κ1) is 20.6. The Balaban J connectivity index is 0.000000263. The second kappa shape index (κ2) is 9.77. The number of carboxylic acid groups (broad SMARTS) is 1. The molecule has 0 amide bonds. The number of carbonyl (C=O) groups excluding carboxylic acids is 1. The van der Waals surface area contributed by atoms with Crippen LogP contribution < -0.4 is 9.47 Å². The molecule has 0 heterocycles. The van der Waals surface area contributed by atoms with Crippen LogP contribution in [0.3, 0.4) is 0 Å². The Morgan fingerprint density at radius 2 is 1.35 bits per heavy atom. The number of phenols is 2. The van der Waals surface area contributed by atoms with Crippen LogP contribution in [0.5, 0.6) is 23.0 Å². The van der Waals surface area contributed by atoms with Crippen LogP contribution in [-0.2, 0) is 4.74 Å². The van der Waals surface area contributed by atoms with Crippen LogP contribution in [0.2, 0.25) is 0 Å².